The van der Waals surface area contributed by atoms with Gasteiger partial charge in [-0.05, 0) is 24.6 Å². The lowest BCUT2D eigenvalue weighted by Gasteiger charge is -1.92. The van der Waals surface area contributed by atoms with Gasteiger partial charge in [0.15, 0.2) is 0 Å². The maximum absolute atomic E-state index is 11.0. The Morgan fingerprint density at radius 2 is 2.23 bits per heavy atom. The van der Waals surface area contributed by atoms with Crippen LogP contribution in [0.1, 0.15) is 16.1 Å². The summed E-state index contributed by atoms with van der Waals surface area (Å²) in [6.07, 6.45) is 0. The molecule has 1 heterocycles. The van der Waals surface area contributed by atoms with Crippen molar-refractivity contribution in [2.24, 2.45) is 0 Å². The fraction of sp³-hybridized carbons (Fsp3) is 0.100. The highest BCUT2D eigenvalue weighted by Gasteiger charge is 2.05. The molecule has 1 N–H and O–H groups in total. The molecule has 0 spiro atoms. The van der Waals surface area contributed by atoms with Gasteiger partial charge in [0.1, 0.15) is 0 Å². The Hall–Kier alpha value is -1.22. The molecule has 3 heteroatoms. The molecule has 0 saturated carbocycles. The van der Waals surface area contributed by atoms with E-state index in [0.29, 0.717) is 5.69 Å². The second-order valence-corrected chi connectivity index (χ2v) is 3.43. The number of thiol groups is 1. The van der Waals surface area contributed by atoms with Gasteiger partial charge in [0, 0.05) is 10.9 Å². The molecule has 13 heavy (non-hydrogen) atoms. The third-order valence-electron chi connectivity index (χ3n) is 2.11. The standard InChI is InChI=1S/C10H9NOS/c1-6-3-2-4-8-7(6)5-9(11-8)10(12)13/h2-5,11H,1H3,(H,12,13). The molecule has 0 saturated heterocycles. The number of carbonyl (C=O) groups excluding carboxylic acids is 1. The summed E-state index contributed by atoms with van der Waals surface area (Å²) in [6, 6.07) is 7.76. The summed E-state index contributed by atoms with van der Waals surface area (Å²) in [5.74, 6) is 0. The number of fused-ring (bicyclic) bond motifs is 1. The normalized spacial score (nSPS) is 10.6. The average Bonchev–Trinajstić information content (AvgIpc) is 2.49. The van der Waals surface area contributed by atoms with Crippen molar-refractivity contribution in [2.75, 3.05) is 0 Å². The Bertz CT molecular complexity index is 473. The minimum Gasteiger partial charge on any atom is -0.351 e. The van der Waals surface area contributed by atoms with Gasteiger partial charge in [0.05, 0.1) is 5.69 Å². The van der Waals surface area contributed by atoms with Gasteiger partial charge in [-0.15, -0.1) is 0 Å². The van der Waals surface area contributed by atoms with Gasteiger partial charge in [0.25, 0.3) is 0 Å². The smallest absolute Gasteiger partial charge is 0.232 e. The van der Waals surface area contributed by atoms with Crippen LogP contribution in [0.15, 0.2) is 24.3 Å². The van der Waals surface area contributed by atoms with Crippen molar-refractivity contribution < 1.29 is 4.79 Å². The summed E-state index contributed by atoms with van der Waals surface area (Å²) in [7, 11) is 0. The van der Waals surface area contributed by atoms with Gasteiger partial charge in [0.2, 0.25) is 5.12 Å². The number of hydrogen-bond acceptors (Lipinski definition) is 1. The van der Waals surface area contributed by atoms with Gasteiger partial charge in [-0.25, -0.2) is 0 Å². The van der Waals surface area contributed by atoms with E-state index in [4.69, 9.17) is 0 Å². The molecule has 2 aromatic rings. The molecule has 0 fully saturated rings. The summed E-state index contributed by atoms with van der Waals surface area (Å²) >= 11 is 3.76. The maximum Gasteiger partial charge on any atom is 0.232 e. The van der Waals surface area contributed by atoms with E-state index in [1.54, 1.807) is 0 Å². The number of hydrogen-bond donors (Lipinski definition) is 2. The van der Waals surface area contributed by atoms with Crippen LogP contribution in [-0.2, 0) is 0 Å². The van der Waals surface area contributed by atoms with Crippen LogP contribution in [-0.4, -0.2) is 10.1 Å². The van der Waals surface area contributed by atoms with Crippen molar-refractivity contribution >= 4 is 28.6 Å². The third-order valence-corrected chi connectivity index (χ3v) is 2.35. The lowest BCUT2D eigenvalue weighted by atomic mass is 10.1. The monoisotopic (exact) mass is 191 g/mol. The van der Waals surface area contributed by atoms with Crippen LogP contribution in [0.2, 0.25) is 0 Å². The summed E-state index contributed by atoms with van der Waals surface area (Å²) in [4.78, 5) is 14.0. The average molecular weight is 191 g/mol. The second kappa shape index (κ2) is 2.92. The number of carbonyl (C=O) groups is 1. The van der Waals surface area contributed by atoms with E-state index < -0.39 is 0 Å². The number of aryl methyl sites for hydroxylation is 1. The number of nitrogens with one attached hydrogen (secondary N) is 1. The molecule has 0 radical (unpaired) electrons. The number of H-pyrrole nitrogens is 1. The van der Waals surface area contributed by atoms with Gasteiger partial charge in [-0.2, -0.15) is 0 Å². The van der Waals surface area contributed by atoms with Crippen LogP contribution >= 0.6 is 12.6 Å². The number of aromatic amines is 1. The van der Waals surface area contributed by atoms with Gasteiger partial charge in [-0.1, -0.05) is 24.8 Å². The molecule has 0 aliphatic rings. The topological polar surface area (TPSA) is 32.9 Å². The van der Waals surface area contributed by atoms with Gasteiger partial charge >= 0.3 is 0 Å². The van der Waals surface area contributed by atoms with Crippen LogP contribution in [0.5, 0.6) is 0 Å². The van der Waals surface area contributed by atoms with Crippen LogP contribution in [0.25, 0.3) is 10.9 Å². The molecule has 2 nitrogen and oxygen atoms in total. The van der Waals surface area contributed by atoms with Crippen LogP contribution < -0.4 is 0 Å². The molecule has 0 bridgehead atoms. The number of aromatic nitrogens is 1. The molecule has 2 rings (SSSR count). The largest absolute Gasteiger partial charge is 0.351 e. The Morgan fingerprint density at radius 3 is 2.85 bits per heavy atom. The fourth-order valence-corrected chi connectivity index (χ4v) is 1.54. The van der Waals surface area contributed by atoms with Crippen LogP contribution in [0, 0.1) is 6.92 Å². The van der Waals surface area contributed by atoms with E-state index in [1.807, 2.05) is 31.2 Å². The van der Waals surface area contributed by atoms with Crippen molar-refractivity contribution in [3.63, 3.8) is 0 Å². The molecule has 0 amide bonds. The highest BCUT2D eigenvalue weighted by molar-refractivity contribution is 7.97. The maximum atomic E-state index is 11.0. The lowest BCUT2D eigenvalue weighted by Crippen LogP contribution is -1.86. The zero-order valence-electron chi connectivity index (χ0n) is 7.16. The Kier molecular flexibility index (Phi) is 1.88. The first-order valence-corrected chi connectivity index (χ1v) is 4.45. The third kappa shape index (κ3) is 1.35. The molecule has 66 valence electrons. The molecule has 1 aromatic carbocycles. The molecule has 0 unspecified atom stereocenters. The van der Waals surface area contributed by atoms with Crippen molar-refractivity contribution in [1.82, 2.24) is 4.98 Å². The molecule has 0 atom stereocenters. The van der Waals surface area contributed by atoms with Crippen LogP contribution in [0.3, 0.4) is 0 Å². The predicted octanol–water partition coefficient (Wildman–Crippen LogP) is 2.55. The molecular formula is C10H9NOS. The van der Waals surface area contributed by atoms with Crippen molar-refractivity contribution in [3.05, 3.63) is 35.5 Å². The molecular weight excluding hydrogens is 182 g/mol. The minimum atomic E-state index is -0.226. The Morgan fingerprint density at radius 1 is 1.46 bits per heavy atom. The van der Waals surface area contributed by atoms with E-state index >= 15 is 0 Å². The minimum absolute atomic E-state index is 0.226. The van der Waals surface area contributed by atoms with Gasteiger partial charge < -0.3 is 4.98 Å². The first kappa shape index (κ1) is 8.38. The van der Waals surface area contributed by atoms with Crippen molar-refractivity contribution in [3.8, 4) is 0 Å². The highest BCUT2D eigenvalue weighted by Crippen LogP contribution is 2.19. The predicted molar refractivity (Wildman–Crippen MR) is 56.4 cm³/mol. The fourth-order valence-electron chi connectivity index (χ4n) is 1.42. The SMILES string of the molecule is Cc1cccc2[nH]c(C(=O)S)cc12. The zero-order chi connectivity index (χ0) is 9.42. The number of benzene rings is 1. The second-order valence-electron chi connectivity index (χ2n) is 3.02. The van der Waals surface area contributed by atoms with E-state index in [-0.39, 0.29) is 5.12 Å². The zero-order valence-corrected chi connectivity index (χ0v) is 8.06. The quantitative estimate of drug-likeness (QED) is 0.667. The summed E-state index contributed by atoms with van der Waals surface area (Å²) in [5.41, 5.74) is 2.69. The summed E-state index contributed by atoms with van der Waals surface area (Å²) < 4.78 is 0. The van der Waals surface area contributed by atoms with Gasteiger partial charge in [-0.3, -0.25) is 4.79 Å². The van der Waals surface area contributed by atoms with Crippen LogP contribution in [0.4, 0.5) is 0 Å². The first-order chi connectivity index (χ1) is 6.18. The van der Waals surface area contributed by atoms with E-state index in [0.717, 1.165) is 16.5 Å². The molecule has 1 aromatic heterocycles. The number of rotatable bonds is 1. The highest BCUT2D eigenvalue weighted by atomic mass is 32.1. The van der Waals surface area contributed by atoms with E-state index in [2.05, 4.69) is 17.6 Å². The Balaban J connectivity index is 2.75. The lowest BCUT2D eigenvalue weighted by molar-refractivity contribution is 0.108. The molecule has 0 aliphatic heterocycles. The Labute approximate surface area is 81.4 Å². The van der Waals surface area contributed by atoms with Crippen molar-refractivity contribution in [2.45, 2.75) is 6.92 Å². The molecule has 0 aliphatic carbocycles. The van der Waals surface area contributed by atoms with E-state index in [9.17, 15) is 4.79 Å². The summed E-state index contributed by atoms with van der Waals surface area (Å²) in [6.45, 7) is 2.02. The van der Waals surface area contributed by atoms with Crippen molar-refractivity contribution in [1.29, 1.82) is 0 Å². The first-order valence-electron chi connectivity index (χ1n) is 4.00. The van der Waals surface area contributed by atoms with E-state index in [1.165, 1.54) is 0 Å². The summed E-state index contributed by atoms with van der Waals surface area (Å²) in [5, 5.41) is 0.857.